The molecular formula is C13H11FINO2. The zero-order valence-corrected chi connectivity index (χ0v) is 11.8. The van der Waals surface area contributed by atoms with Gasteiger partial charge in [0.2, 0.25) is 0 Å². The Kier molecular flexibility index (Phi) is 3.70. The first kappa shape index (κ1) is 13.1. The number of hydrogen-bond donors (Lipinski definition) is 1. The summed E-state index contributed by atoms with van der Waals surface area (Å²) in [7, 11) is 0. The summed E-state index contributed by atoms with van der Waals surface area (Å²) in [5.41, 5.74) is 1.10. The van der Waals surface area contributed by atoms with Crippen molar-refractivity contribution < 1.29 is 14.3 Å². The fourth-order valence-electron chi connectivity index (χ4n) is 1.84. The Labute approximate surface area is 117 Å². The van der Waals surface area contributed by atoms with Crippen molar-refractivity contribution in [2.75, 3.05) is 0 Å². The molecule has 2 aromatic rings. The van der Waals surface area contributed by atoms with Gasteiger partial charge in [-0.25, -0.2) is 9.18 Å². The quantitative estimate of drug-likeness (QED) is 0.852. The lowest BCUT2D eigenvalue weighted by molar-refractivity contribution is 0.0684. The number of aromatic nitrogens is 1. The van der Waals surface area contributed by atoms with Crippen LogP contribution in [0.25, 0.3) is 0 Å². The van der Waals surface area contributed by atoms with Crippen LogP contribution in [0, 0.1) is 9.39 Å². The summed E-state index contributed by atoms with van der Waals surface area (Å²) in [6.45, 7) is 1.88. The second kappa shape index (κ2) is 5.09. The lowest BCUT2D eigenvalue weighted by Crippen LogP contribution is -2.12. The highest BCUT2D eigenvalue weighted by Crippen LogP contribution is 2.23. The van der Waals surface area contributed by atoms with E-state index in [-0.39, 0.29) is 17.6 Å². The summed E-state index contributed by atoms with van der Waals surface area (Å²) in [4.78, 5) is 11.1. The number of nitrogens with zero attached hydrogens (tertiary/aromatic N) is 1. The molecule has 0 saturated heterocycles. The molecule has 1 atom stereocenters. The van der Waals surface area contributed by atoms with Crippen molar-refractivity contribution in [1.29, 1.82) is 0 Å². The summed E-state index contributed by atoms with van der Waals surface area (Å²) in [6.07, 6.45) is 1.78. The van der Waals surface area contributed by atoms with Gasteiger partial charge in [0.15, 0.2) is 0 Å². The van der Waals surface area contributed by atoms with Gasteiger partial charge in [-0.2, -0.15) is 0 Å². The zero-order valence-electron chi connectivity index (χ0n) is 9.60. The molecule has 94 valence electrons. The van der Waals surface area contributed by atoms with Gasteiger partial charge in [-0.15, -0.1) is 0 Å². The lowest BCUT2D eigenvalue weighted by atomic mass is 10.1. The van der Waals surface area contributed by atoms with Gasteiger partial charge in [0.05, 0.1) is 6.04 Å². The van der Waals surface area contributed by atoms with E-state index in [2.05, 4.69) is 22.6 Å². The van der Waals surface area contributed by atoms with E-state index in [1.54, 1.807) is 29.0 Å². The molecule has 0 amide bonds. The second-order valence-corrected chi connectivity index (χ2v) is 5.23. The number of benzene rings is 1. The largest absolute Gasteiger partial charge is 0.477 e. The second-order valence-electron chi connectivity index (χ2n) is 3.98. The summed E-state index contributed by atoms with van der Waals surface area (Å²) >= 11 is 2.07. The minimum Gasteiger partial charge on any atom is -0.477 e. The maximum absolute atomic E-state index is 12.9. The molecule has 1 heterocycles. The molecular weight excluding hydrogens is 348 g/mol. The first-order chi connectivity index (χ1) is 8.49. The Balaban J connectivity index is 2.42. The van der Waals surface area contributed by atoms with E-state index < -0.39 is 5.97 Å². The van der Waals surface area contributed by atoms with E-state index >= 15 is 0 Å². The van der Waals surface area contributed by atoms with Crippen molar-refractivity contribution in [3.63, 3.8) is 0 Å². The molecule has 18 heavy (non-hydrogen) atoms. The molecule has 1 aromatic carbocycles. The van der Waals surface area contributed by atoms with E-state index in [0.717, 1.165) is 9.13 Å². The normalized spacial score (nSPS) is 12.4. The van der Waals surface area contributed by atoms with Crippen molar-refractivity contribution in [2.24, 2.45) is 0 Å². The van der Waals surface area contributed by atoms with Crippen LogP contribution >= 0.6 is 22.6 Å². The third kappa shape index (κ3) is 2.55. The summed E-state index contributed by atoms with van der Waals surface area (Å²) < 4.78 is 15.4. The van der Waals surface area contributed by atoms with Crippen LogP contribution in [-0.4, -0.2) is 15.6 Å². The number of hydrogen-bond acceptors (Lipinski definition) is 1. The van der Waals surface area contributed by atoms with Crippen LogP contribution in [0.5, 0.6) is 0 Å². The first-order valence-corrected chi connectivity index (χ1v) is 6.43. The van der Waals surface area contributed by atoms with E-state index in [4.69, 9.17) is 5.11 Å². The van der Waals surface area contributed by atoms with Crippen molar-refractivity contribution in [2.45, 2.75) is 13.0 Å². The van der Waals surface area contributed by atoms with Crippen LogP contribution in [0.2, 0.25) is 0 Å². The van der Waals surface area contributed by atoms with E-state index in [1.807, 2.05) is 6.92 Å². The first-order valence-electron chi connectivity index (χ1n) is 5.35. The van der Waals surface area contributed by atoms with Crippen LogP contribution in [0.1, 0.15) is 29.0 Å². The predicted molar refractivity (Wildman–Crippen MR) is 74.3 cm³/mol. The van der Waals surface area contributed by atoms with Crippen LogP contribution < -0.4 is 0 Å². The SMILES string of the molecule is CC(c1ccc(F)cc1)n1cc(I)cc1C(=O)O. The average Bonchev–Trinajstić information content (AvgIpc) is 2.71. The summed E-state index contributed by atoms with van der Waals surface area (Å²) in [5, 5.41) is 9.13. The molecule has 0 spiro atoms. The molecule has 0 aliphatic heterocycles. The summed E-state index contributed by atoms with van der Waals surface area (Å²) in [5.74, 6) is -1.27. The number of halogens is 2. The Morgan fingerprint density at radius 3 is 2.56 bits per heavy atom. The minimum atomic E-state index is -0.966. The maximum Gasteiger partial charge on any atom is 0.352 e. The molecule has 1 N–H and O–H groups in total. The van der Waals surface area contributed by atoms with Gasteiger partial charge in [-0.05, 0) is 53.3 Å². The van der Waals surface area contributed by atoms with Crippen molar-refractivity contribution in [1.82, 2.24) is 4.57 Å². The lowest BCUT2D eigenvalue weighted by Gasteiger charge is -2.16. The van der Waals surface area contributed by atoms with Crippen LogP contribution in [-0.2, 0) is 0 Å². The molecule has 0 saturated carbocycles. The Bertz CT molecular complexity index is 577. The smallest absolute Gasteiger partial charge is 0.352 e. The molecule has 1 aromatic heterocycles. The number of carboxylic acids is 1. The fraction of sp³-hybridized carbons (Fsp3) is 0.154. The monoisotopic (exact) mass is 359 g/mol. The topological polar surface area (TPSA) is 42.2 Å². The number of rotatable bonds is 3. The summed E-state index contributed by atoms with van der Waals surface area (Å²) in [6, 6.07) is 7.54. The molecule has 1 unspecified atom stereocenters. The van der Waals surface area contributed by atoms with Gasteiger partial charge in [-0.3, -0.25) is 0 Å². The third-order valence-corrected chi connectivity index (χ3v) is 3.39. The van der Waals surface area contributed by atoms with Crippen molar-refractivity contribution in [3.8, 4) is 0 Å². The standard InChI is InChI=1S/C13H11FINO2/c1-8(9-2-4-10(14)5-3-9)16-7-11(15)6-12(16)13(17)18/h2-8H,1H3,(H,17,18). The Hall–Kier alpha value is -1.37. The van der Waals surface area contributed by atoms with Gasteiger partial charge in [-0.1, -0.05) is 12.1 Å². The van der Waals surface area contributed by atoms with Crippen molar-refractivity contribution >= 4 is 28.6 Å². The average molecular weight is 359 g/mol. The van der Waals surface area contributed by atoms with Crippen LogP contribution in [0.3, 0.4) is 0 Å². The van der Waals surface area contributed by atoms with E-state index in [0.29, 0.717) is 0 Å². The van der Waals surface area contributed by atoms with Gasteiger partial charge >= 0.3 is 5.97 Å². The maximum atomic E-state index is 12.9. The Morgan fingerprint density at radius 2 is 2.00 bits per heavy atom. The molecule has 0 aliphatic carbocycles. The van der Waals surface area contributed by atoms with E-state index in [1.165, 1.54) is 12.1 Å². The van der Waals surface area contributed by atoms with E-state index in [9.17, 15) is 9.18 Å². The van der Waals surface area contributed by atoms with Crippen molar-refractivity contribution in [3.05, 3.63) is 57.2 Å². The number of carboxylic acid groups (broad SMARTS) is 1. The fourth-order valence-corrected chi connectivity index (χ4v) is 2.43. The van der Waals surface area contributed by atoms with Gasteiger partial charge in [0, 0.05) is 9.77 Å². The minimum absolute atomic E-state index is 0.153. The predicted octanol–water partition coefficient (Wildman–Crippen LogP) is 3.54. The van der Waals surface area contributed by atoms with Crippen LogP contribution in [0.15, 0.2) is 36.5 Å². The van der Waals surface area contributed by atoms with Crippen LogP contribution in [0.4, 0.5) is 4.39 Å². The molecule has 0 fully saturated rings. The highest BCUT2D eigenvalue weighted by atomic mass is 127. The zero-order chi connectivity index (χ0) is 13.3. The third-order valence-electron chi connectivity index (χ3n) is 2.80. The highest BCUT2D eigenvalue weighted by molar-refractivity contribution is 14.1. The molecule has 0 bridgehead atoms. The molecule has 3 nitrogen and oxygen atoms in total. The van der Waals surface area contributed by atoms with Gasteiger partial charge < -0.3 is 9.67 Å². The van der Waals surface area contributed by atoms with Gasteiger partial charge in [0.25, 0.3) is 0 Å². The molecule has 5 heteroatoms. The number of carbonyl (C=O) groups is 1. The molecule has 0 radical (unpaired) electrons. The highest BCUT2D eigenvalue weighted by Gasteiger charge is 2.17. The molecule has 0 aliphatic rings. The Morgan fingerprint density at radius 1 is 1.39 bits per heavy atom. The number of aromatic carboxylic acids is 1. The molecule has 2 rings (SSSR count). The van der Waals surface area contributed by atoms with Gasteiger partial charge in [0.1, 0.15) is 11.5 Å².